The summed E-state index contributed by atoms with van der Waals surface area (Å²) in [6.45, 7) is 2.55. The van der Waals surface area contributed by atoms with Gasteiger partial charge in [0.05, 0.1) is 6.61 Å². The summed E-state index contributed by atoms with van der Waals surface area (Å²) in [6.07, 6.45) is 0. The van der Waals surface area contributed by atoms with Gasteiger partial charge in [0.25, 0.3) is 0 Å². The molecule has 1 aromatic carbocycles. The van der Waals surface area contributed by atoms with Gasteiger partial charge < -0.3 is 10.0 Å². The third-order valence-electron chi connectivity index (χ3n) is 3.22. The quantitative estimate of drug-likeness (QED) is 0.880. The Hall–Kier alpha value is -2.34. The maximum atomic E-state index is 12.3. The molecule has 0 aliphatic carbocycles. The van der Waals surface area contributed by atoms with E-state index in [-0.39, 0.29) is 19.2 Å². The molecule has 112 valence electrons. The van der Waals surface area contributed by atoms with Crippen LogP contribution in [0, 0.1) is 6.92 Å². The molecule has 2 amide bonds. The molecule has 0 atom stereocenters. The number of carbonyl (C=O) groups is 1. The van der Waals surface area contributed by atoms with Gasteiger partial charge in [0.2, 0.25) is 0 Å². The molecule has 21 heavy (non-hydrogen) atoms. The molecule has 0 aliphatic rings. The molecule has 0 saturated heterocycles. The summed E-state index contributed by atoms with van der Waals surface area (Å²) in [4.78, 5) is 13.8. The number of urea groups is 1. The summed E-state index contributed by atoms with van der Waals surface area (Å²) in [7, 11) is 1.82. The molecule has 0 spiro atoms. The van der Waals surface area contributed by atoms with Gasteiger partial charge in [-0.15, -0.1) is 0 Å². The van der Waals surface area contributed by atoms with Crippen LogP contribution in [0.15, 0.2) is 36.4 Å². The average molecular weight is 288 g/mol. The highest BCUT2D eigenvalue weighted by Crippen LogP contribution is 2.10. The number of rotatable bonds is 5. The Bertz CT molecular complexity index is 575. The number of carbonyl (C=O) groups excluding carboxylic acids is 1. The molecule has 0 saturated carbocycles. The Morgan fingerprint density at radius 3 is 2.67 bits per heavy atom. The van der Waals surface area contributed by atoms with E-state index in [0.29, 0.717) is 12.4 Å². The minimum Gasteiger partial charge on any atom is -0.395 e. The van der Waals surface area contributed by atoms with Gasteiger partial charge in [0.1, 0.15) is 0 Å². The van der Waals surface area contributed by atoms with Gasteiger partial charge in [-0.05, 0) is 12.5 Å². The van der Waals surface area contributed by atoms with Crippen LogP contribution >= 0.6 is 0 Å². The third-order valence-corrected chi connectivity index (χ3v) is 3.22. The first-order valence-corrected chi connectivity index (χ1v) is 6.81. The smallest absolute Gasteiger partial charge is 0.323 e. The van der Waals surface area contributed by atoms with Crippen LogP contribution in [0.4, 0.5) is 10.6 Å². The van der Waals surface area contributed by atoms with Crippen LogP contribution in [-0.4, -0.2) is 39.0 Å². The second kappa shape index (κ2) is 6.90. The summed E-state index contributed by atoms with van der Waals surface area (Å²) in [5.74, 6) is 0.510. The van der Waals surface area contributed by atoms with Crippen LogP contribution in [0.1, 0.15) is 11.3 Å². The molecule has 6 nitrogen and oxygen atoms in total. The maximum absolute atomic E-state index is 12.3. The molecule has 1 aromatic heterocycles. The number of nitrogens with one attached hydrogen (secondary N) is 1. The van der Waals surface area contributed by atoms with Crippen LogP contribution in [0.5, 0.6) is 0 Å². The van der Waals surface area contributed by atoms with Crippen LogP contribution in [-0.2, 0) is 13.6 Å². The van der Waals surface area contributed by atoms with Crippen molar-refractivity contribution in [2.24, 2.45) is 7.05 Å². The summed E-state index contributed by atoms with van der Waals surface area (Å²) in [5, 5.41) is 16.1. The number of benzene rings is 1. The van der Waals surface area contributed by atoms with E-state index in [0.717, 1.165) is 11.3 Å². The molecular weight excluding hydrogens is 268 g/mol. The fourth-order valence-corrected chi connectivity index (χ4v) is 1.99. The van der Waals surface area contributed by atoms with Crippen molar-refractivity contribution in [2.75, 3.05) is 18.5 Å². The van der Waals surface area contributed by atoms with Crippen molar-refractivity contribution < 1.29 is 9.90 Å². The first-order chi connectivity index (χ1) is 10.1. The van der Waals surface area contributed by atoms with E-state index < -0.39 is 0 Å². The largest absolute Gasteiger partial charge is 0.395 e. The summed E-state index contributed by atoms with van der Waals surface area (Å²) < 4.78 is 1.70. The van der Waals surface area contributed by atoms with Crippen molar-refractivity contribution in [3.8, 4) is 0 Å². The maximum Gasteiger partial charge on any atom is 0.323 e. The zero-order valence-electron chi connectivity index (χ0n) is 12.3. The Morgan fingerprint density at radius 2 is 2.10 bits per heavy atom. The number of hydrogen-bond acceptors (Lipinski definition) is 3. The number of anilines is 1. The lowest BCUT2D eigenvalue weighted by atomic mass is 10.2. The Labute approximate surface area is 124 Å². The highest BCUT2D eigenvalue weighted by atomic mass is 16.3. The Morgan fingerprint density at radius 1 is 1.38 bits per heavy atom. The van der Waals surface area contributed by atoms with Crippen molar-refractivity contribution in [2.45, 2.75) is 13.5 Å². The summed E-state index contributed by atoms with van der Waals surface area (Å²) >= 11 is 0. The molecule has 2 rings (SSSR count). The molecule has 2 aromatic rings. The molecule has 0 unspecified atom stereocenters. The second-order valence-electron chi connectivity index (χ2n) is 4.86. The highest BCUT2D eigenvalue weighted by Gasteiger charge is 2.15. The lowest BCUT2D eigenvalue weighted by Crippen LogP contribution is -2.36. The zero-order valence-corrected chi connectivity index (χ0v) is 12.3. The highest BCUT2D eigenvalue weighted by molar-refractivity contribution is 5.88. The molecule has 0 aliphatic heterocycles. The fourth-order valence-electron chi connectivity index (χ4n) is 1.99. The van der Waals surface area contributed by atoms with E-state index >= 15 is 0 Å². The molecule has 1 heterocycles. The van der Waals surface area contributed by atoms with Gasteiger partial charge in [-0.3, -0.25) is 10.00 Å². The summed E-state index contributed by atoms with van der Waals surface area (Å²) in [5.41, 5.74) is 1.97. The van der Waals surface area contributed by atoms with Gasteiger partial charge in [-0.1, -0.05) is 30.3 Å². The van der Waals surface area contributed by atoms with Crippen LogP contribution < -0.4 is 5.32 Å². The Kier molecular flexibility index (Phi) is 4.94. The molecule has 0 bridgehead atoms. The van der Waals surface area contributed by atoms with Crippen molar-refractivity contribution in [3.05, 3.63) is 47.7 Å². The monoisotopic (exact) mass is 288 g/mol. The molecular formula is C15H20N4O2. The normalized spacial score (nSPS) is 10.4. The predicted molar refractivity (Wildman–Crippen MR) is 80.9 cm³/mol. The molecule has 2 N–H and O–H groups in total. The topological polar surface area (TPSA) is 70.4 Å². The first kappa shape index (κ1) is 15.1. The predicted octanol–water partition coefficient (Wildman–Crippen LogP) is 1.75. The van der Waals surface area contributed by atoms with Crippen LogP contribution in [0.2, 0.25) is 0 Å². The number of hydrogen-bond donors (Lipinski definition) is 2. The second-order valence-corrected chi connectivity index (χ2v) is 4.86. The number of nitrogens with zero attached hydrogens (tertiary/aromatic N) is 3. The van der Waals surface area contributed by atoms with Crippen molar-refractivity contribution >= 4 is 11.8 Å². The van der Waals surface area contributed by atoms with Crippen molar-refractivity contribution in [1.82, 2.24) is 14.7 Å². The van der Waals surface area contributed by atoms with E-state index in [1.165, 1.54) is 0 Å². The molecule has 0 radical (unpaired) electrons. The number of amides is 2. The van der Waals surface area contributed by atoms with Gasteiger partial charge in [0.15, 0.2) is 5.82 Å². The number of aryl methyl sites for hydroxylation is 2. The SMILES string of the molecule is Cc1cc(NC(=O)N(CCO)Cc2ccccc2)nn1C. The van der Waals surface area contributed by atoms with Crippen molar-refractivity contribution in [3.63, 3.8) is 0 Å². The number of aliphatic hydroxyl groups is 1. The van der Waals surface area contributed by atoms with E-state index in [4.69, 9.17) is 5.11 Å². The molecule has 0 fully saturated rings. The lowest BCUT2D eigenvalue weighted by Gasteiger charge is -2.21. The van der Waals surface area contributed by atoms with E-state index in [1.807, 2.05) is 44.3 Å². The Balaban J connectivity index is 2.04. The zero-order chi connectivity index (χ0) is 15.2. The van der Waals surface area contributed by atoms with Gasteiger partial charge in [-0.25, -0.2) is 4.79 Å². The summed E-state index contributed by atoms with van der Waals surface area (Å²) in [6, 6.07) is 11.2. The minimum absolute atomic E-state index is 0.0818. The van der Waals surface area contributed by atoms with E-state index in [1.54, 1.807) is 15.6 Å². The van der Waals surface area contributed by atoms with Crippen LogP contribution in [0.25, 0.3) is 0 Å². The number of aromatic nitrogens is 2. The van der Waals surface area contributed by atoms with E-state index in [9.17, 15) is 4.79 Å². The van der Waals surface area contributed by atoms with Crippen molar-refractivity contribution in [1.29, 1.82) is 0 Å². The fraction of sp³-hybridized carbons (Fsp3) is 0.333. The van der Waals surface area contributed by atoms with Gasteiger partial charge >= 0.3 is 6.03 Å². The third kappa shape index (κ3) is 4.06. The first-order valence-electron chi connectivity index (χ1n) is 6.81. The van der Waals surface area contributed by atoms with Gasteiger partial charge in [-0.2, -0.15) is 5.10 Å². The number of aliphatic hydroxyl groups excluding tert-OH is 1. The van der Waals surface area contributed by atoms with Crippen LogP contribution in [0.3, 0.4) is 0 Å². The van der Waals surface area contributed by atoms with Gasteiger partial charge in [0, 0.05) is 31.9 Å². The average Bonchev–Trinajstić information content (AvgIpc) is 2.78. The minimum atomic E-state index is -0.272. The van der Waals surface area contributed by atoms with E-state index in [2.05, 4.69) is 10.4 Å². The lowest BCUT2D eigenvalue weighted by molar-refractivity contribution is 0.185. The standard InChI is InChI=1S/C15H20N4O2/c1-12-10-14(17-18(12)2)16-15(21)19(8-9-20)11-13-6-4-3-5-7-13/h3-7,10,20H,8-9,11H2,1-2H3,(H,16,17,21). The molecule has 6 heteroatoms.